The lowest BCUT2D eigenvalue weighted by atomic mass is 10.0. The Balaban J connectivity index is 1.96. The number of rotatable bonds is 7. The first kappa shape index (κ1) is 15.6. The number of benzene rings is 2. The van der Waals surface area contributed by atoms with Crippen molar-refractivity contribution < 1.29 is 4.74 Å². The van der Waals surface area contributed by atoms with E-state index >= 15 is 0 Å². The van der Waals surface area contributed by atoms with Gasteiger partial charge in [0.15, 0.2) is 0 Å². The Morgan fingerprint density at radius 1 is 1.05 bits per heavy atom. The zero-order chi connectivity index (χ0) is 15.1. The highest BCUT2D eigenvalue weighted by Crippen LogP contribution is 2.21. The van der Waals surface area contributed by atoms with Crippen molar-refractivity contribution >= 4 is 0 Å². The van der Waals surface area contributed by atoms with Crippen molar-refractivity contribution in [1.82, 2.24) is 5.32 Å². The van der Waals surface area contributed by atoms with E-state index in [4.69, 9.17) is 4.74 Å². The average Bonchev–Trinajstić information content (AvgIpc) is 2.51. The highest BCUT2D eigenvalue weighted by atomic mass is 16.5. The first-order valence-corrected chi connectivity index (χ1v) is 7.74. The number of nitrogens with one attached hydrogen (secondary N) is 1. The molecular weight excluding hydrogens is 258 g/mol. The molecule has 2 aromatic rings. The molecule has 0 fully saturated rings. The first-order chi connectivity index (χ1) is 10.2. The fourth-order valence-corrected chi connectivity index (χ4v) is 2.51. The minimum Gasteiger partial charge on any atom is -0.489 e. The van der Waals surface area contributed by atoms with Crippen molar-refractivity contribution in [2.24, 2.45) is 0 Å². The first-order valence-electron chi connectivity index (χ1n) is 7.74. The van der Waals surface area contributed by atoms with Crippen molar-refractivity contribution in [3.8, 4) is 5.75 Å². The molecule has 0 heterocycles. The smallest absolute Gasteiger partial charge is 0.119 e. The van der Waals surface area contributed by atoms with E-state index in [1.54, 1.807) is 0 Å². The Kier molecular flexibility index (Phi) is 5.82. The zero-order valence-electron chi connectivity index (χ0n) is 13.2. The Morgan fingerprint density at radius 2 is 1.81 bits per heavy atom. The number of hydrogen-bond donors (Lipinski definition) is 1. The molecule has 2 heteroatoms. The predicted molar refractivity (Wildman–Crippen MR) is 88.7 cm³/mol. The van der Waals surface area contributed by atoms with Crippen LogP contribution in [0, 0.1) is 6.92 Å². The van der Waals surface area contributed by atoms with Crippen molar-refractivity contribution in [3.63, 3.8) is 0 Å². The van der Waals surface area contributed by atoms with E-state index < -0.39 is 0 Å². The lowest BCUT2D eigenvalue weighted by molar-refractivity contribution is 0.306. The van der Waals surface area contributed by atoms with Gasteiger partial charge in [0.05, 0.1) is 0 Å². The van der Waals surface area contributed by atoms with Gasteiger partial charge >= 0.3 is 0 Å². The quantitative estimate of drug-likeness (QED) is 0.799. The van der Waals surface area contributed by atoms with E-state index in [-0.39, 0.29) is 0 Å². The topological polar surface area (TPSA) is 21.3 Å². The Labute approximate surface area is 128 Å². The van der Waals surface area contributed by atoms with Gasteiger partial charge in [-0.1, -0.05) is 55.8 Å². The van der Waals surface area contributed by atoms with Gasteiger partial charge in [-0.15, -0.1) is 0 Å². The van der Waals surface area contributed by atoms with Crippen LogP contribution in [0.25, 0.3) is 0 Å². The van der Waals surface area contributed by atoms with Crippen LogP contribution >= 0.6 is 0 Å². The standard InChI is InChI=1S/C19H25NO/c1-4-19(20-5-2)17-9-11-18(12-10-17)21-14-16-8-6-7-15(3)13-16/h6-13,19-20H,4-5,14H2,1-3H3. The van der Waals surface area contributed by atoms with Crippen molar-refractivity contribution in [1.29, 1.82) is 0 Å². The van der Waals surface area contributed by atoms with E-state index in [1.807, 2.05) is 0 Å². The molecule has 21 heavy (non-hydrogen) atoms. The molecule has 112 valence electrons. The van der Waals surface area contributed by atoms with E-state index in [0.717, 1.165) is 18.7 Å². The monoisotopic (exact) mass is 283 g/mol. The van der Waals surface area contributed by atoms with E-state index in [9.17, 15) is 0 Å². The van der Waals surface area contributed by atoms with Gasteiger partial charge in [-0.3, -0.25) is 0 Å². The summed E-state index contributed by atoms with van der Waals surface area (Å²) >= 11 is 0. The third kappa shape index (κ3) is 4.61. The molecule has 0 saturated carbocycles. The summed E-state index contributed by atoms with van der Waals surface area (Å²) in [6.45, 7) is 8.05. The molecule has 2 aromatic carbocycles. The minimum atomic E-state index is 0.431. The molecule has 0 saturated heterocycles. The second-order valence-corrected chi connectivity index (χ2v) is 5.37. The molecule has 0 radical (unpaired) electrons. The van der Waals surface area contributed by atoms with Gasteiger partial charge in [0.1, 0.15) is 12.4 Å². The third-order valence-electron chi connectivity index (χ3n) is 3.63. The molecule has 1 unspecified atom stereocenters. The molecule has 0 spiro atoms. The summed E-state index contributed by atoms with van der Waals surface area (Å²) in [5.41, 5.74) is 3.79. The molecule has 2 rings (SSSR count). The third-order valence-corrected chi connectivity index (χ3v) is 3.63. The molecule has 2 nitrogen and oxygen atoms in total. The summed E-state index contributed by atoms with van der Waals surface area (Å²) in [5, 5.41) is 3.49. The molecule has 1 N–H and O–H groups in total. The highest BCUT2D eigenvalue weighted by molar-refractivity contribution is 5.30. The van der Waals surface area contributed by atoms with Gasteiger partial charge in [-0.25, -0.2) is 0 Å². The number of hydrogen-bond acceptors (Lipinski definition) is 2. The van der Waals surface area contributed by atoms with Crippen LogP contribution < -0.4 is 10.1 Å². The Bertz CT molecular complexity index is 548. The fourth-order valence-electron chi connectivity index (χ4n) is 2.51. The number of aryl methyl sites for hydroxylation is 1. The lowest BCUT2D eigenvalue weighted by Gasteiger charge is -2.16. The average molecular weight is 283 g/mol. The molecule has 1 atom stereocenters. The largest absolute Gasteiger partial charge is 0.489 e. The van der Waals surface area contributed by atoms with Gasteiger partial charge in [-0.2, -0.15) is 0 Å². The summed E-state index contributed by atoms with van der Waals surface area (Å²) in [4.78, 5) is 0. The highest BCUT2D eigenvalue weighted by Gasteiger charge is 2.07. The molecule has 0 aliphatic heterocycles. The molecular formula is C19H25NO. The second kappa shape index (κ2) is 7.84. The van der Waals surface area contributed by atoms with Gasteiger partial charge < -0.3 is 10.1 Å². The van der Waals surface area contributed by atoms with Gasteiger partial charge in [0.25, 0.3) is 0 Å². The molecule has 0 aliphatic carbocycles. The SMILES string of the molecule is CCNC(CC)c1ccc(OCc2cccc(C)c2)cc1. The second-order valence-electron chi connectivity index (χ2n) is 5.37. The maximum Gasteiger partial charge on any atom is 0.119 e. The summed E-state index contributed by atoms with van der Waals surface area (Å²) < 4.78 is 5.85. The van der Waals surface area contributed by atoms with Crippen molar-refractivity contribution in [2.75, 3.05) is 6.54 Å². The minimum absolute atomic E-state index is 0.431. The molecule has 0 aliphatic rings. The summed E-state index contributed by atoms with van der Waals surface area (Å²) in [6.07, 6.45) is 1.09. The predicted octanol–water partition coefficient (Wildman–Crippen LogP) is 4.63. The zero-order valence-corrected chi connectivity index (χ0v) is 13.2. The summed E-state index contributed by atoms with van der Waals surface area (Å²) in [7, 11) is 0. The van der Waals surface area contributed by atoms with Crippen LogP contribution in [-0.2, 0) is 6.61 Å². The van der Waals surface area contributed by atoms with Crippen LogP contribution in [0.15, 0.2) is 48.5 Å². The van der Waals surface area contributed by atoms with E-state index in [1.165, 1.54) is 16.7 Å². The maximum atomic E-state index is 5.85. The van der Waals surface area contributed by atoms with Crippen LogP contribution in [0.2, 0.25) is 0 Å². The van der Waals surface area contributed by atoms with Crippen LogP contribution in [0.1, 0.15) is 43.0 Å². The van der Waals surface area contributed by atoms with Gasteiger partial charge in [-0.05, 0) is 43.1 Å². The summed E-state index contributed by atoms with van der Waals surface area (Å²) in [6, 6.07) is 17.3. The molecule has 0 bridgehead atoms. The molecule has 0 aromatic heterocycles. The van der Waals surface area contributed by atoms with E-state index in [2.05, 4.69) is 74.6 Å². The van der Waals surface area contributed by atoms with E-state index in [0.29, 0.717) is 12.6 Å². The Morgan fingerprint density at radius 3 is 2.43 bits per heavy atom. The normalized spacial score (nSPS) is 12.1. The van der Waals surface area contributed by atoms with Crippen LogP contribution in [0.5, 0.6) is 5.75 Å². The van der Waals surface area contributed by atoms with Gasteiger partial charge in [0.2, 0.25) is 0 Å². The Hall–Kier alpha value is -1.80. The van der Waals surface area contributed by atoms with Crippen LogP contribution in [0.3, 0.4) is 0 Å². The molecule has 0 amide bonds. The maximum absolute atomic E-state index is 5.85. The lowest BCUT2D eigenvalue weighted by Crippen LogP contribution is -2.19. The fraction of sp³-hybridized carbons (Fsp3) is 0.368. The van der Waals surface area contributed by atoms with Crippen molar-refractivity contribution in [3.05, 3.63) is 65.2 Å². The van der Waals surface area contributed by atoms with Crippen LogP contribution in [-0.4, -0.2) is 6.54 Å². The summed E-state index contributed by atoms with van der Waals surface area (Å²) in [5.74, 6) is 0.923. The van der Waals surface area contributed by atoms with Crippen molar-refractivity contribution in [2.45, 2.75) is 39.8 Å². The number of ether oxygens (including phenoxy) is 1. The van der Waals surface area contributed by atoms with Crippen LogP contribution in [0.4, 0.5) is 0 Å². The van der Waals surface area contributed by atoms with Gasteiger partial charge in [0, 0.05) is 6.04 Å².